The van der Waals surface area contributed by atoms with Gasteiger partial charge in [0.2, 0.25) is 0 Å². The Balaban J connectivity index is 2.17. The van der Waals surface area contributed by atoms with Crippen molar-refractivity contribution in [1.29, 1.82) is 0 Å². The summed E-state index contributed by atoms with van der Waals surface area (Å²) in [5.74, 6) is 0.832. The predicted octanol–water partition coefficient (Wildman–Crippen LogP) is 2.47. The molecule has 1 aromatic carbocycles. The van der Waals surface area contributed by atoms with Crippen LogP contribution in [-0.2, 0) is 0 Å². The number of halogens is 1. The highest BCUT2D eigenvalue weighted by atomic mass is 79.9. The molecule has 3 aromatic rings. The molecule has 2 heterocycles. The monoisotopic (exact) mass is 305 g/mol. The molecule has 7 heteroatoms. The van der Waals surface area contributed by atoms with Gasteiger partial charge in [-0.3, -0.25) is 0 Å². The van der Waals surface area contributed by atoms with Crippen LogP contribution in [0.5, 0.6) is 0 Å². The molecule has 3 rings (SSSR count). The third-order valence-electron chi connectivity index (χ3n) is 2.50. The normalized spacial score (nSPS) is 10.7. The Kier molecular flexibility index (Phi) is 2.60. The number of anilines is 1. The molecule has 6 nitrogen and oxygen atoms in total. The first-order chi connectivity index (χ1) is 8.75. The van der Waals surface area contributed by atoms with Crippen LogP contribution in [0.1, 0.15) is 0 Å². The summed E-state index contributed by atoms with van der Waals surface area (Å²) in [7, 11) is 0. The minimum Gasteiger partial charge on any atom is -0.380 e. The second-order valence-electron chi connectivity index (χ2n) is 3.63. The van der Waals surface area contributed by atoms with Crippen molar-refractivity contribution in [3.8, 4) is 22.6 Å². The Labute approximate surface area is 110 Å². The summed E-state index contributed by atoms with van der Waals surface area (Å²) < 4.78 is 6.21. The number of hydrogen-bond acceptors (Lipinski definition) is 5. The number of aromatic amines is 1. The summed E-state index contributed by atoms with van der Waals surface area (Å²) >= 11 is 3.39. The molecular formula is C11H8BrN5O. The van der Waals surface area contributed by atoms with E-state index < -0.39 is 0 Å². The van der Waals surface area contributed by atoms with Crippen LogP contribution >= 0.6 is 15.9 Å². The molecule has 3 N–H and O–H groups in total. The standard InChI is InChI=1S/C11H8BrN5O/c12-7-3-1-6(2-4-7)9-10(18-16-11(9)13)8-5-14-17-15-8/h1-5H,(H2,13,16)(H,14,15,17). The predicted molar refractivity (Wildman–Crippen MR) is 69.4 cm³/mol. The Bertz CT molecular complexity index is 659. The number of aromatic nitrogens is 4. The van der Waals surface area contributed by atoms with E-state index in [0.29, 0.717) is 17.3 Å². The van der Waals surface area contributed by atoms with E-state index in [0.717, 1.165) is 15.6 Å². The SMILES string of the molecule is Nc1noc(-c2cn[nH]n2)c1-c1ccc(Br)cc1. The van der Waals surface area contributed by atoms with Crippen molar-refractivity contribution in [3.63, 3.8) is 0 Å². The molecule has 0 radical (unpaired) electrons. The maximum Gasteiger partial charge on any atom is 0.198 e. The fraction of sp³-hybridized carbons (Fsp3) is 0. The van der Waals surface area contributed by atoms with Crippen LogP contribution in [0.3, 0.4) is 0 Å². The second-order valence-corrected chi connectivity index (χ2v) is 4.55. The van der Waals surface area contributed by atoms with E-state index >= 15 is 0 Å². The molecule has 0 saturated carbocycles. The fourth-order valence-electron chi connectivity index (χ4n) is 1.68. The van der Waals surface area contributed by atoms with Gasteiger partial charge in [-0.05, 0) is 17.7 Å². The third kappa shape index (κ3) is 1.78. The number of benzene rings is 1. The van der Waals surface area contributed by atoms with Crippen LogP contribution < -0.4 is 5.73 Å². The van der Waals surface area contributed by atoms with Crippen molar-refractivity contribution in [2.75, 3.05) is 5.73 Å². The molecule has 18 heavy (non-hydrogen) atoms. The molecule has 0 aliphatic carbocycles. The fourth-order valence-corrected chi connectivity index (χ4v) is 1.95. The molecule has 0 bridgehead atoms. The Morgan fingerprint density at radius 2 is 2.00 bits per heavy atom. The lowest BCUT2D eigenvalue weighted by atomic mass is 10.0. The van der Waals surface area contributed by atoms with Gasteiger partial charge >= 0.3 is 0 Å². The smallest absolute Gasteiger partial charge is 0.198 e. The number of nitrogens with two attached hydrogens (primary N) is 1. The van der Waals surface area contributed by atoms with E-state index in [1.54, 1.807) is 6.20 Å². The average molecular weight is 306 g/mol. The molecule has 90 valence electrons. The minimum atomic E-state index is 0.329. The highest BCUT2D eigenvalue weighted by molar-refractivity contribution is 9.10. The molecule has 0 spiro atoms. The average Bonchev–Trinajstić information content (AvgIpc) is 2.99. The van der Waals surface area contributed by atoms with E-state index in [-0.39, 0.29) is 0 Å². The van der Waals surface area contributed by atoms with Crippen LogP contribution in [0.2, 0.25) is 0 Å². The summed E-state index contributed by atoms with van der Waals surface area (Å²) in [4.78, 5) is 0. The van der Waals surface area contributed by atoms with Gasteiger partial charge in [0.05, 0.1) is 11.8 Å². The Morgan fingerprint density at radius 1 is 1.22 bits per heavy atom. The lowest BCUT2D eigenvalue weighted by Crippen LogP contribution is -1.88. The van der Waals surface area contributed by atoms with Gasteiger partial charge in [0, 0.05) is 4.47 Å². The zero-order valence-corrected chi connectivity index (χ0v) is 10.7. The molecule has 0 fully saturated rings. The maximum atomic E-state index is 5.84. The lowest BCUT2D eigenvalue weighted by Gasteiger charge is -2.00. The van der Waals surface area contributed by atoms with Crippen LogP contribution in [0.4, 0.5) is 5.82 Å². The van der Waals surface area contributed by atoms with Crippen molar-refractivity contribution < 1.29 is 4.52 Å². The summed E-state index contributed by atoms with van der Waals surface area (Å²) in [6.45, 7) is 0. The summed E-state index contributed by atoms with van der Waals surface area (Å²) in [6, 6.07) is 7.70. The van der Waals surface area contributed by atoms with Gasteiger partial charge in [0.1, 0.15) is 0 Å². The largest absolute Gasteiger partial charge is 0.380 e. The number of rotatable bonds is 2. The van der Waals surface area contributed by atoms with Crippen LogP contribution in [0, 0.1) is 0 Å². The molecule has 0 unspecified atom stereocenters. The molecule has 0 amide bonds. The number of nitrogens with zero attached hydrogens (tertiary/aromatic N) is 3. The zero-order valence-electron chi connectivity index (χ0n) is 9.09. The Morgan fingerprint density at radius 3 is 2.67 bits per heavy atom. The molecular weight excluding hydrogens is 298 g/mol. The highest BCUT2D eigenvalue weighted by Gasteiger charge is 2.19. The molecule has 0 aliphatic heterocycles. The van der Waals surface area contributed by atoms with Gasteiger partial charge in [-0.25, -0.2) is 0 Å². The van der Waals surface area contributed by atoms with E-state index in [1.807, 2.05) is 24.3 Å². The van der Waals surface area contributed by atoms with Gasteiger partial charge < -0.3 is 10.3 Å². The van der Waals surface area contributed by atoms with Gasteiger partial charge in [-0.15, -0.1) is 0 Å². The molecule has 0 atom stereocenters. The summed E-state index contributed by atoms with van der Waals surface area (Å²) in [6.07, 6.45) is 1.56. The molecule has 2 aromatic heterocycles. The van der Waals surface area contributed by atoms with Crippen LogP contribution in [-0.4, -0.2) is 20.6 Å². The van der Waals surface area contributed by atoms with Gasteiger partial charge in [0.15, 0.2) is 17.3 Å². The Hall–Kier alpha value is -2.15. The summed E-state index contributed by atoms with van der Waals surface area (Å²) in [5, 5.41) is 14.0. The quantitative estimate of drug-likeness (QED) is 0.758. The van der Waals surface area contributed by atoms with E-state index in [4.69, 9.17) is 10.3 Å². The first-order valence-corrected chi connectivity index (χ1v) is 5.92. The van der Waals surface area contributed by atoms with E-state index in [2.05, 4.69) is 36.5 Å². The number of hydrogen-bond donors (Lipinski definition) is 2. The lowest BCUT2D eigenvalue weighted by molar-refractivity contribution is 0.434. The van der Waals surface area contributed by atoms with Gasteiger partial charge in [0.25, 0.3) is 0 Å². The highest BCUT2D eigenvalue weighted by Crippen LogP contribution is 2.35. The molecule has 0 saturated heterocycles. The van der Waals surface area contributed by atoms with E-state index in [1.165, 1.54) is 0 Å². The van der Waals surface area contributed by atoms with Crippen molar-refractivity contribution in [2.45, 2.75) is 0 Å². The van der Waals surface area contributed by atoms with Crippen molar-refractivity contribution in [2.24, 2.45) is 0 Å². The number of nitrogens with one attached hydrogen (secondary N) is 1. The second kappa shape index (κ2) is 4.26. The first-order valence-electron chi connectivity index (χ1n) is 5.13. The molecule has 0 aliphatic rings. The van der Waals surface area contributed by atoms with Crippen LogP contribution in [0.15, 0.2) is 39.5 Å². The number of nitrogen functional groups attached to an aromatic ring is 1. The van der Waals surface area contributed by atoms with Crippen molar-refractivity contribution >= 4 is 21.7 Å². The van der Waals surface area contributed by atoms with Gasteiger partial charge in [-0.2, -0.15) is 15.4 Å². The number of H-pyrrole nitrogens is 1. The van der Waals surface area contributed by atoms with Crippen LogP contribution in [0.25, 0.3) is 22.6 Å². The topological polar surface area (TPSA) is 93.6 Å². The maximum absolute atomic E-state index is 5.84. The van der Waals surface area contributed by atoms with Gasteiger partial charge in [-0.1, -0.05) is 33.2 Å². The first kappa shape index (κ1) is 11.0. The van der Waals surface area contributed by atoms with E-state index in [9.17, 15) is 0 Å². The third-order valence-corrected chi connectivity index (χ3v) is 3.03. The van der Waals surface area contributed by atoms with Crippen molar-refractivity contribution in [3.05, 3.63) is 34.9 Å². The minimum absolute atomic E-state index is 0.329. The summed E-state index contributed by atoms with van der Waals surface area (Å²) in [5.41, 5.74) is 8.04. The zero-order chi connectivity index (χ0) is 12.5. The van der Waals surface area contributed by atoms with Crippen molar-refractivity contribution in [1.82, 2.24) is 20.6 Å².